The molecule has 1 aliphatic rings. The molecule has 1 fully saturated rings. The zero-order valence-electron chi connectivity index (χ0n) is 18.1. The van der Waals surface area contributed by atoms with Crippen LogP contribution >= 0.6 is 11.3 Å². The Kier molecular flexibility index (Phi) is 6.73. The summed E-state index contributed by atoms with van der Waals surface area (Å²) < 4.78 is 40.8. The van der Waals surface area contributed by atoms with Crippen molar-refractivity contribution in [3.8, 4) is 5.75 Å². The Bertz CT molecular complexity index is 1170. The van der Waals surface area contributed by atoms with Gasteiger partial charge >= 0.3 is 12.4 Å². The van der Waals surface area contributed by atoms with E-state index in [9.17, 15) is 22.8 Å². The van der Waals surface area contributed by atoms with Crippen molar-refractivity contribution in [3.05, 3.63) is 76.3 Å². The smallest absolute Gasteiger partial charge is 0.406 e. The number of halogens is 3. The number of aromatic nitrogens is 1. The Morgan fingerprint density at radius 2 is 1.79 bits per heavy atom. The van der Waals surface area contributed by atoms with Crippen molar-refractivity contribution in [1.29, 1.82) is 0 Å². The predicted molar refractivity (Wildman–Crippen MR) is 121 cm³/mol. The zero-order chi connectivity index (χ0) is 24.3. The first kappa shape index (κ1) is 23.6. The van der Waals surface area contributed by atoms with Gasteiger partial charge in [0.15, 0.2) is 5.13 Å². The number of hydrogen-bond acceptors (Lipinski definition) is 5. The summed E-state index contributed by atoms with van der Waals surface area (Å²) in [7, 11) is 0. The van der Waals surface area contributed by atoms with E-state index in [1.54, 1.807) is 11.8 Å². The second-order valence-corrected chi connectivity index (χ2v) is 8.60. The van der Waals surface area contributed by atoms with Crippen LogP contribution in [0.2, 0.25) is 0 Å². The first-order valence-electron chi connectivity index (χ1n) is 10.4. The van der Waals surface area contributed by atoms with E-state index in [4.69, 9.17) is 0 Å². The zero-order valence-corrected chi connectivity index (χ0v) is 18.9. The molecule has 3 amide bonds. The van der Waals surface area contributed by atoms with Gasteiger partial charge in [0.25, 0.3) is 5.91 Å². The molecular formula is C23H21F3N4O3S. The molecule has 34 heavy (non-hydrogen) atoms. The Labute approximate surface area is 197 Å². The lowest BCUT2D eigenvalue weighted by Crippen LogP contribution is -2.31. The molecule has 0 bridgehead atoms. The van der Waals surface area contributed by atoms with Gasteiger partial charge < -0.3 is 15.0 Å². The summed E-state index contributed by atoms with van der Waals surface area (Å²) in [6.07, 6.45) is -4.75. The summed E-state index contributed by atoms with van der Waals surface area (Å²) in [5.41, 5.74) is 2.18. The minimum Gasteiger partial charge on any atom is -0.406 e. The molecule has 4 rings (SSSR count). The molecule has 11 heteroatoms. The third-order valence-electron chi connectivity index (χ3n) is 5.14. The molecule has 0 unspecified atom stereocenters. The first-order valence-corrected chi connectivity index (χ1v) is 11.2. The SMILES string of the molecule is Cc1nc(N2CCN(Cc3ccc(OC(F)(F)F)cc3)C2=O)sc1C(=O)NCc1ccccc1. The van der Waals surface area contributed by atoms with Crippen molar-refractivity contribution in [2.45, 2.75) is 26.4 Å². The molecule has 1 saturated heterocycles. The van der Waals surface area contributed by atoms with Gasteiger partial charge in [0.05, 0.1) is 5.69 Å². The van der Waals surface area contributed by atoms with Gasteiger partial charge in [0.2, 0.25) is 0 Å². The second-order valence-electron chi connectivity index (χ2n) is 7.63. The number of anilines is 1. The van der Waals surface area contributed by atoms with E-state index in [1.165, 1.54) is 29.2 Å². The van der Waals surface area contributed by atoms with Gasteiger partial charge in [-0.2, -0.15) is 0 Å². The number of thiazole rings is 1. The average molecular weight is 491 g/mol. The molecule has 0 atom stereocenters. The van der Waals surface area contributed by atoms with Crippen LogP contribution in [-0.2, 0) is 13.1 Å². The number of aryl methyl sites for hydroxylation is 1. The number of ether oxygens (including phenoxy) is 1. The van der Waals surface area contributed by atoms with E-state index in [-0.39, 0.29) is 24.2 Å². The lowest BCUT2D eigenvalue weighted by atomic mass is 10.2. The van der Waals surface area contributed by atoms with Crippen molar-refractivity contribution in [3.63, 3.8) is 0 Å². The number of carbonyl (C=O) groups is 2. The summed E-state index contributed by atoms with van der Waals surface area (Å²) in [6, 6.07) is 14.6. The van der Waals surface area contributed by atoms with Crippen molar-refractivity contribution in [2.75, 3.05) is 18.0 Å². The maximum Gasteiger partial charge on any atom is 0.573 e. The minimum absolute atomic E-state index is 0.233. The van der Waals surface area contributed by atoms with Crippen LogP contribution in [0.1, 0.15) is 26.5 Å². The van der Waals surface area contributed by atoms with E-state index in [1.807, 2.05) is 30.3 Å². The standard InChI is InChI=1S/C23H21F3N4O3S/c1-15-19(20(31)27-13-16-5-3-2-4-6-16)34-21(28-15)30-12-11-29(22(30)32)14-17-7-9-18(10-8-17)33-23(24,25)26/h2-10H,11-14H2,1H3,(H,27,31). The van der Waals surface area contributed by atoms with Crippen LogP contribution in [0.4, 0.5) is 23.1 Å². The monoisotopic (exact) mass is 490 g/mol. The van der Waals surface area contributed by atoms with Gasteiger partial charge in [-0.15, -0.1) is 13.2 Å². The maximum absolute atomic E-state index is 12.9. The molecule has 2 heterocycles. The molecule has 7 nitrogen and oxygen atoms in total. The average Bonchev–Trinajstić information content (AvgIpc) is 3.35. The number of alkyl halides is 3. The fourth-order valence-corrected chi connectivity index (χ4v) is 4.49. The number of benzene rings is 2. The maximum atomic E-state index is 12.9. The Balaban J connectivity index is 1.37. The van der Waals surface area contributed by atoms with Crippen LogP contribution in [0.3, 0.4) is 0 Å². The number of hydrogen-bond donors (Lipinski definition) is 1. The number of rotatable bonds is 7. The van der Waals surface area contributed by atoms with Crippen LogP contribution in [0.15, 0.2) is 54.6 Å². The predicted octanol–water partition coefficient (Wildman–Crippen LogP) is 4.72. The number of amides is 3. The van der Waals surface area contributed by atoms with Crippen molar-refractivity contribution < 1.29 is 27.5 Å². The lowest BCUT2D eigenvalue weighted by molar-refractivity contribution is -0.274. The minimum atomic E-state index is -4.75. The summed E-state index contributed by atoms with van der Waals surface area (Å²) in [4.78, 5) is 33.5. The highest BCUT2D eigenvalue weighted by atomic mass is 32.1. The molecular weight excluding hydrogens is 469 g/mol. The highest BCUT2D eigenvalue weighted by molar-refractivity contribution is 7.17. The van der Waals surface area contributed by atoms with Crippen LogP contribution in [-0.4, -0.2) is 41.3 Å². The molecule has 1 aliphatic heterocycles. The fraction of sp³-hybridized carbons (Fsp3) is 0.261. The summed E-state index contributed by atoms with van der Waals surface area (Å²) in [5.74, 6) is -0.572. The fourth-order valence-electron chi connectivity index (χ4n) is 3.49. The quantitative estimate of drug-likeness (QED) is 0.520. The molecule has 1 aromatic heterocycles. The largest absolute Gasteiger partial charge is 0.573 e. The van der Waals surface area contributed by atoms with Gasteiger partial charge in [-0.25, -0.2) is 9.78 Å². The lowest BCUT2D eigenvalue weighted by Gasteiger charge is -2.17. The third-order valence-corrected chi connectivity index (χ3v) is 6.32. The molecule has 1 N–H and O–H groups in total. The van der Waals surface area contributed by atoms with E-state index in [0.29, 0.717) is 40.9 Å². The molecule has 178 valence electrons. The van der Waals surface area contributed by atoms with Crippen LogP contribution < -0.4 is 15.0 Å². The topological polar surface area (TPSA) is 74.8 Å². The Morgan fingerprint density at radius 3 is 2.47 bits per heavy atom. The molecule has 0 aliphatic carbocycles. The van der Waals surface area contributed by atoms with Crippen molar-refractivity contribution in [1.82, 2.24) is 15.2 Å². The van der Waals surface area contributed by atoms with Gasteiger partial charge in [0, 0.05) is 26.2 Å². The number of nitrogens with zero attached hydrogens (tertiary/aromatic N) is 3. The van der Waals surface area contributed by atoms with E-state index >= 15 is 0 Å². The first-order chi connectivity index (χ1) is 16.2. The normalized spacial score (nSPS) is 13.9. The van der Waals surface area contributed by atoms with Gasteiger partial charge in [-0.1, -0.05) is 53.8 Å². The third kappa shape index (κ3) is 5.66. The van der Waals surface area contributed by atoms with Gasteiger partial charge in [-0.3, -0.25) is 9.69 Å². The molecule has 2 aromatic carbocycles. The highest BCUT2D eigenvalue weighted by Crippen LogP contribution is 2.30. The number of carbonyl (C=O) groups excluding carboxylic acids is 2. The Hall–Kier alpha value is -3.60. The summed E-state index contributed by atoms with van der Waals surface area (Å²) in [6.45, 7) is 3.16. The molecule has 3 aromatic rings. The summed E-state index contributed by atoms with van der Waals surface area (Å²) >= 11 is 1.15. The highest BCUT2D eigenvalue weighted by Gasteiger charge is 2.33. The van der Waals surface area contributed by atoms with E-state index in [2.05, 4.69) is 15.0 Å². The number of urea groups is 1. The van der Waals surface area contributed by atoms with Gasteiger partial charge in [0.1, 0.15) is 10.6 Å². The molecule has 0 saturated carbocycles. The van der Waals surface area contributed by atoms with Crippen LogP contribution in [0, 0.1) is 6.92 Å². The van der Waals surface area contributed by atoms with Gasteiger partial charge in [-0.05, 0) is 30.2 Å². The van der Waals surface area contributed by atoms with Crippen LogP contribution in [0.5, 0.6) is 5.75 Å². The van der Waals surface area contributed by atoms with Crippen LogP contribution in [0.25, 0.3) is 0 Å². The molecule has 0 radical (unpaired) electrons. The summed E-state index contributed by atoms with van der Waals surface area (Å²) in [5, 5.41) is 3.30. The van der Waals surface area contributed by atoms with Crippen molar-refractivity contribution >= 4 is 28.4 Å². The number of nitrogens with one attached hydrogen (secondary N) is 1. The van der Waals surface area contributed by atoms with E-state index in [0.717, 1.165) is 16.9 Å². The molecule has 0 spiro atoms. The van der Waals surface area contributed by atoms with Crippen molar-refractivity contribution in [2.24, 2.45) is 0 Å². The Morgan fingerprint density at radius 1 is 1.09 bits per heavy atom. The van der Waals surface area contributed by atoms with E-state index < -0.39 is 6.36 Å². The second kappa shape index (κ2) is 9.72.